The van der Waals surface area contributed by atoms with Gasteiger partial charge in [0.25, 0.3) is 0 Å². The molecule has 3 heteroatoms. The maximum Gasteiger partial charge on any atom is 0.0603 e. The summed E-state index contributed by atoms with van der Waals surface area (Å²) in [5, 5.41) is 3.15. The number of nitrogens with one attached hydrogen (secondary N) is 1. The van der Waals surface area contributed by atoms with E-state index < -0.39 is 0 Å². The Bertz CT molecular complexity index is 67.9. The van der Waals surface area contributed by atoms with E-state index >= 15 is 0 Å². The standard InChI is InChI=1S/C6H16N2S/c1-6(2,7)8-4-3-5-9/h8-9H,3-5,7H2,1-2H3. The summed E-state index contributed by atoms with van der Waals surface area (Å²) >= 11 is 4.07. The number of nitrogens with two attached hydrogens (primary N) is 1. The van der Waals surface area contributed by atoms with E-state index in [1.807, 2.05) is 13.8 Å². The zero-order valence-electron chi connectivity index (χ0n) is 6.15. The van der Waals surface area contributed by atoms with E-state index in [9.17, 15) is 0 Å². The molecule has 0 bridgehead atoms. The monoisotopic (exact) mass is 148 g/mol. The molecule has 0 fully saturated rings. The number of hydrogen-bond donors (Lipinski definition) is 3. The third-order valence-corrected chi connectivity index (χ3v) is 1.23. The summed E-state index contributed by atoms with van der Waals surface area (Å²) in [5.74, 6) is 0.920. The normalized spacial score (nSPS) is 12.0. The molecule has 0 saturated heterocycles. The van der Waals surface area contributed by atoms with Crippen molar-refractivity contribution in [3.63, 3.8) is 0 Å². The van der Waals surface area contributed by atoms with Crippen LogP contribution < -0.4 is 11.1 Å². The van der Waals surface area contributed by atoms with Crippen molar-refractivity contribution in [2.45, 2.75) is 25.9 Å². The van der Waals surface area contributed by atoms with Gasteiger partial charge in [-0.1, -0.05) is 0 Å². The maximum absolute atomic E-state index is 5.64. The van der Waals surface area contributed by atoms with Gasteiger partial charge in [0, 0.05) is 0 Å². The molecule has 0 atom stereocenters. The van der Waals surface area contributed by atoms with Crippen LogP contribution >= 0.6 is 12.6 Å². The zero-order chi connectivity index (χ0) is 7.33. The fourth-order valence-corrected chi connectivity index (χ4v) is 0.648. The third-order valence-electron chi connectivity index (χ3n) is 0.916. The summed E-state index contributed by atoms with van der Waals surface area (Å²) < 4.78 is 0. The van der Waals surface area contributed by atoms with Crippen molar-refractivity contribution in [2.75, 3.05) is 12.3 Å². The minimum atomic E-state index is -0.233. The Morgan fingerprint density at radius 1 is 1.56 bits per heavy atom. The van der Waals surface area contributed by atoms with Gasteiger partial charge in [-0.05, 0) is 32.6 Å². The van der Waals surface area contributed by atoms with Gasteiger partial charge in [-0.25, -0.2) is 0 Å². The molecule has 0 aromatic rings. The summed E-state index contributed by atoms with van der Waals surface area (Å²) in [4.78, 5) is 0. The van der Waals surface area contributed by atoms with Crippen LogP contribution in [0.1, 0.15) is 20.3 Å². The molecule has 0 amide bonds. The fourth-order valence-electron chi connectivity index (χ4n) is 0.490. The van der Waals surface area contributed by atoms with Gasteiger partial charge >= 0.3 is 0 Å². The van der Waals surface area contributed by atoms with Crippen molar-refractivity contribution >= 4 is 12.6 Å². The maximum atomic E-state index is 5.64. The average molecular weight is 148 g/mol. The van der Waals surface area contributed by atoms with E-state index in [0.29, 0.717) is 0 Å². The third kappa shape index (κ3) is 8.27. The fraction of sp³-hybridized carbons (Fsp3) is 1.00. The lowest BCUT2D eigenvalue weighted by atomic mass is 10.2. The molecular formula is C6H16N2S. The predicted octanol–water partition coefficient (Wildman–Crippen LogP) is 0.591. The van der Waals surface area contributed by atoms with Crippen molar-refractivity contribution in [1.29, 1.82) is 0 Å². The smallest absolute Gasteiger partial charge is 0.0603 e. The number of thiol groups is 1. The lowest BCUT2D eigenvalue weighted by Crippen LogP contribution is -2.48. The first-order valence-corrected chi connectivity index (χ1v) is 3.84. The van der Waals surface area contributed by atoms with Crippen molar-refractivity contribution in [3.8, 4) is 0 Å². The van der Waals surface area contributed by atoms with E-state index in [1.54, 1.807) is 0 Å². The predicted molar refractivity (Wildman–Crippen MR) is 44.7 cm³/mol. The second-order valence-corrected chi connectivity index (χ2v) is 3.17. The Morgan fingerprint density at radius 3 is 2.44 bits per heavy atom. The Kier molecular flexibility index (Phi) is 4.27. The van der Waals surface area contributed by atoms with Crippen LogP contribution in [0.2, 0.25) is 0 Å². The highest BCUT2D eigenvalue weighted by atomic mass is 32.1. The van der Waals surface area contributed by atoms with Crippen molar-refractivity contribution in [1.82, 2.24) is 5.32 Å². The van der Waals surface area contributed by atoms with Gasteiger partial charge in [0.1, 0.15) is 0 Å². The lowest BCUT2D eigenvalue weighted by Gasteiger charge is -2.19. The molecule has 0 radical (unpaired) electrons. The lowest BCUT2D eigenvalue weighted by molar-refractivity contribution is 0.405. The van der Waals surface area contributed by atoms with Crippen LogP contribution in [0.25, 0.3) is 0 Å². The van der Waals surface area contributed by atoms with E-state index in [0.717, 1.165) is 18.7 Å². The zero-order valence-corrected chi connectivity index (χ0v) is 7.04. The van der Waals surface area contributed by atoms with E-state index in [4.69, 9.17) is 5.73 Å². The molecule has 0 saturated carbocycles. The van der Waals surface area contributed by atoms with Crippen LogP contribution in [0.15, 0.2) is 0 Å². The Labute approximate surface area is 62.6 Å². The molecule has 0 aliphatic carbocycles. The highest BCUT2D eigenvalue weighted by Crippen LogP contribution is 1.89. The van der Waals surface area contributed by atoms with Crippen LogP contribution in [0.3, 0.4) is 0 Å². The Balaban J connectivity index is 3.07. The quantitative estimate of drug-likeness (QED) is 0.310. The highest BCUT2D eigenvalue weighted by molar-refractivity contribution is 7.80. The van der Waals surface area contributed by atoms with Gasteiger partial charge in [0.15, 0.2) is 0 Å². The second kappa shape index (κ2) is 4.14. The summed E-state index contributed by atoms with van der Waals surface area (Å²) in [5.41, 5.74) is 5.41. The minimum absolute atomic E-state index is 0.233. The molecule has 0 aliphatic heterocycles. The van der Waals surface area contributed by atoms with E-state index in [1.165, 1.54) is 0 Å². The molecule has 3 N–H and O–H groups in total. The number of hydrogen-bond acceptors (Lipinski definition) is 3. The van der Waals surface area contributed by atoms with Crippen LogP contribution in [-0.2, 0) is 0 Å². The molecule has 0 aliphatic rings. The average Bonchev–Trinajstić information content (AvgIpc) is 1.63. The number of rotatable bonds is 4. The summed E-state index contributed by atoms with van der Waals surface area (Å²) in [6.45, 7) is 4.85. The van der Waals surface area contributed by atoms with E-state index in [-0.39, 0.29) is 5.66 Å². The Morgan fingerprint density at radius 2 is 2.11 bits per heavy atom. The summed E-state index contributed by atoms with van der Waals surface area (Å²) in [6.07, 6.45) is 1.07. The van der Waals surface area contributed by atoms with E-state index in [2.05, 4.69) is 17.9 Å². The van der Waals surface area contributed by atoms with Gasteiger partial charge in [-0.15, -0.1) is 0 Å². The minimum Gasteiger partial charge on any atom is -0.314 e. The van der Waals surface area contributed by atoms with Crippen molar-refractivity contribution < 1.29 is 0 Å². The van der Waals surface area contributed by atoms with Crippen LogP contribution in [-0.4, -0.2) is 18.0 Å². The molecule has 2 nitrogen and oxygen atoms in total. The molecular weight excluding hydrogens is 132 g/mol. The van der Waals surface area contributed by atoms with Crippen LogP contribution in [0.5, 0.6) is 0 Å². The SMILES string of the molecule is CC(C)(N)NCCCS. The molecule has 0 aromatic heterocycles. The van der Waals surface area contributed by atoms with Gasteiger partial charge < -0.3 is 5.73 Å². The molecule has 0 spiro atoms. The van der Waals surface area contributed by atoms with Gasteiger partial charge in [0.2, 0.25) is 0 Å². The topological polar surface area (TPSA) is 38.0 Å². The summed E-state index contributed by atoms with van der Waals surface area (Å²) in [7, 11) is 0. The highest BCUT2D eigenvalue weighted by Gasteiger charge is 2.06. The summed E-state index contributed by atoms with van der Waals surface area (Å²) in [6, 6.07) is 0. The largest absolute Gasteiger partial charge is 0.314 e. The van der Waals surface area contributed by atoms with Crippen LogP contribution in [0.4, 0.5) is 0 Å². The second-order valence-electron chi connectivity index (χ2n) is 2.73. The molecule has 0 unspecified atom stereocenters. The Hall–Kier alpha value is 0.270. The first kappa shape index (κ1) is 9.27. The molecule has 0 rings (SSSR count). The molecule has 0 heterocycles. The molecule has 0 aromatic carbocycles. The van der Waals surface area contributed by atoms with Gasteiger partial charge in [-0.2, -0.15) is 12.6 Å². The first-order chi connectivity index (χ1) is 4.06. The first-order valence-electron chi connectivity index (χ1n) is 3.21. The van der Waals surface area contributed by atoms with Crippen molar-refractivity contribution in [2.24, 2.45) is 5.73 Å². The molecule has 56 valence electrons. The molecule has 9 heavy (non-hydrogen) atoms. The van der Waals surface area contributed by atoms with Crippen molar-refractivity contribution in [3.05, 3.63) is 0 Å². The van der Waals surface area contributed by atoms with Crippen LogP contribution in [0, 0.1) is 0 Å². The van der Waals surface area contributed by atoms with Gasteiger partial charge in [0.05, 0.1) is 5.66 Å². The van der Waals surface area contributed by atoms with Gasteiger partial charge in [-0.3, -0.25) is 5.32 Å².